The Labute approximate surface area is 207 Å². The van der Waals surface area contributed by atoms with Crippen molar-refractivity contribution >= 4 is 28.3 Å². The minimum Gasteiger partial charge on any atom is -0.393 e. The van der Waals surface area contributed by atoms with Crippen LogP contribution in [0.15, 0.2) is 30.3 Å². The van der Waals surface area contributed by atoms with Gasteiger partial charge in [0, 0.05) is 23.7 Å². The van der Waals surface area contributed by atoms with E-state index in [-0.39, 0.29) is 11.5 Å². The van der Waals surface area contributed by atoms with Gasteiger partial charge in [-0.25, -0.2) is 14.4 Å². The number of likely N-dealkylation sites (N-methyl/N-ethyl adjacent to an activating group) is 1. The standard InChI is InChI=1S/C26H29F3N4O3/c1-13(15-8-7-9-17(21(15)27)26(28,29)25(5,36)12-34)30-22-16-10-20-18(11-19(16)31-14(2)32-22)24(3,4)23(35)33(20)6/h7-11,13,34,36H,12H2,1-6H3,(H,30,31,32)/t13-,25-/m1/s1. The number of nitrogens with one attached hydrogen (secondary N) is 1. The highest BCUT2D eigenvalue weighted by Gasteiger charge is 2.52. The molecule has 192 valence electrons. The van der Waals surface area contributed by atoms with E-state index in [4.69, 9.17) is 0 Å². The van der Waals surface area contributed by atoms with Crippen molar-refractivity contribution in [2.75, 3.05) is 23.9 Å². The molecule has 0 unspecified atom stereocenters. The van der Waals surface area contributed by atoms with Crippen LogP contribution < -0.4 is 10.2 Å². The summed E-state index contributed by atoms with van der Waals surface area (Å²) in [5.41, 5.74) is -2.52. The lowest BCUT2D eigenvalue weighted by Crippen LogP contribution is -2.47. The van der Waals surface area contributed by atoms with E-state index in [2.05, 4.69) is 15.3 Å². The number of carbonyl (C=O) groups excluding carboxylic acids is 1. The monoisotopic (exact) mass is 502 g/mol. The maximum Gasteiger partial charge on any atom is 0.306 e. The summed E-state index contributed by atoms with van der Waals surface area (Å²) in [5, 5.41) is 22.9. The van der Waals surface area contributed by atoms with Crippen molar-refractivity contribution in [2.24, 2.45) is 0 Å². The lowest BCUT2D eigenvalue weighted by atomic mass is 9.85. The van der Waals surface area contributed by atoms with Gasteiger partial charge in [-0.2, -0.15) is 8.78 Å². The summed E-state index contributed by atoms with van der Waals surface area (Å²) < 4.78 is 45.1. The van der Waals surface area contributed by atoms with E-state index >= 15 is 4.39 Å². The third kappa shape index (κ3) is 3.79. The Hall–Kier alpha value is -3.24. The SMILES string of the molecule is Cc1nc(N[C@H](C)c2cccc(C(F)(F)[C@](C)(O)CO)c2F)c2cc3c(cc2n1)C(C)(C)C(=O)N3C. The van der Waals surface area contributed by atoms with Crippen molar-refractivity contribution in [1.82, 2.24) is 9.97 Å². The first-order valence-electron chi connectivity index (χ1n) is 11.5. The minimum absolute atomic E-state index is 0.0565. The molecular weight excluding hydrogens is 473 g/mol. The number of carbonyl (C=O) groups is 1. The van der Waals surface area contributed by atoms with Crippen molar-refractivity contribution in [1.29, 1.82) is 0 Å². The normalized spacial score (nSPS) is 17.8. The smallest absolute Gasteiger partial charge is 0.306 e. The molecule has 4 rings (SSSR count). The number of rotatable bonds is 6. The van der Waals surface area contributed by atoms with Gasteiger partial charge in [-0.3, -0.25) is 4.79 Å². The zero-order chi connectivity index (χ0) is 26.8. The quantitative estimate of drug-likeness (QED) is 0.464. The summed E-state index contributed by atoms with van der Waals surface area (Å²) in [6.07, 6.45) is 0. The van der Waals surface area contributed by atoms with Crippen LogP contribution in [0.2, 0.25) is 0 Å². The van der Waals surface area contributed by atoms with E-state index in [1.807, 2.05) is 19.9 Å². The highest BCUT2D eigenvalue weighted by molar-refractivity contribution is 6.10. The van der Waals surface area contributed by atoms with Gasteiger partial charge < -0.3 is 20.4 Å². The molecule has 3 aromatic rings. The molecule has 2 atom stereocenters. The Morgan fingerprint density at radius 3 is 2.53 bits per heavy atom. The molecule has 0 fully saturated rings. The fourth-order valence-electron chi connectivity index (χ4n) is 4.61. The number of fused-ring (bicyclic) bond motifs is 2. The van der Waals surface area contributed by atoms with E-state index in [1.165, 1.54) is 12.1 Å². The summed E-state index contributed by atoms with van der Waals surface area (Å²) in [7, 11) is 1.69. The van der Waals surface area contributed by atoms with Crippen molar-refractivity contribution in [2.45, 2.75) is 57.6 Å². The summed E-state index contributed by atoms with van der Waals surface area (Å²) in [5.74, 6) is -4.49. The second-order valence-electron chi connectivity index (χ2n) is 10.1. The van der Waals surface area contributed by atoms with Crippen LogP contribution in [0.1, 0.15) is 56.3 Å². The maximum absolute atomic E-state index is 15.4. The van der Waals surface area contributed by atoms with Gasteiger partial charge in [0.25, 0.3) is 0 Å². The highest BCUT2D eigenvalue weighted by atomic mass is 19.3. The predicted octanol–water partition coefficient (Wildman–Crippen LogP) is 4.34. The Morgan fingerprint density at radius 1 is 1.22 bits per heavy atom. The molecule has 1 amide bonds. The van der Waals surface area contributed by atoms with Gasteiger partial charge in [0.2, 0.25) is 5.91 Å². The lowest BCUT2D eigenvalue weighted by Gasteiger charge is -2.32. The molecule has 3 N–H and O–H groups in total. The van der Waals surface area contributed by atoms with Gasteiger partial charge in [0.1, 0.15) is 17.5 Å². The number of halogens is 3. The predicted molar refractivity (Wildman–Crippen MR) is 131 cm³/mol. The van der Waals surface area contributed by atoms with Crippen LogP contribution in [0.3, 0.4) is 0 Å². The molecule has 2 aromatic carbocycles. The number of benzene rings is 2. The van der Waals surface area contributed by atoms with E-state index in [0.717, 1.165) is 18.6 Å². The first kappa shape index (κ1) is 25.8. The summed E-state index contributed by atoms with van der Waals surface area (Å²) >= 11 is 0. The van der Waals surface area contributed by atoms with Crippen molar-refractivity contribution in [3.63, 3.8) is 0 Å². The number of alkyl halides is 2. The molecule has 7 nitrogen and oxygen atoms in total. The zero-order valence-electron chi connectivity index (χ0n) is 20.9. The fourth-order valence-corrected chi connectivity index (χ4v) is 4.61. The maximum atomic E-state index is 15.4. The summed E-state index contributed by atoms with van der Waals surface area (Å²) in [6.45, 7) is 6.49. The van der Waals surface area contributed by atoms with Gasteiger partial charge in [-0.15, -0.1) is 0 Å². The Bertz CT molecular complexity index is 1370. The second-order valence-corrected chi connectivity index (χ2v) is 10.1. The third-order valence-electron chi connectivity index (χ3n) is 6.97. The third-order valence-corrected chi connectivity index (χ3v) is 6.97. The summed E-state index contributed by atoms with van der Waals surface area (Å²) in [4.78, 5) is 23.3. The number of hydrogen-bond acceptors (Lipinski definition) is 6. The number of aliphatic hydroxyl groups excluding tert-OH is 1. The number of anilines is 2. The largest absolute Gasteiger partial charge is 0.393 e. The first-order valence-corrected chi connectivity index (χ1v) is 11.5. The van der Waals surface area contributed by atoms with Crippen LogP contribution in [-0.2, 0) is 16.1 Å². The molecule has 0 aliphatic carbocycles. The van der Waals surface area contributed by atoms with Gasteiger partial charge >= 0.3 is 5.92 Å². The van der Waals surface area contributed by atoms with Crippen LogP contribution in [0.5, 0.6) is 0 Å². The van der Waals surface area contributed by atoms with E-state index in [9.17, 15) is 23.8 Å². The van der Waals surface area contributed by atoms with Crippen molar-refractivity contribution in [3.05, 3.63) is 58.7 Å². The van der Waals surface area contributed by atoms with Gasteiger partial charge in [-0.1, -0.05) is 12.1 Å². The molecule has 0 saturated heterocycles. The summed E-state index contributed by atoms with van der Waals surface area (Å²) in [6, 6.07) is 6.36. The zero-order valence-corrected chi connectivity index (χ0v) is 20.9. The van der Waals surface area contributed by atoms with Crippen molar-refractivity contribution < 1.29 is 28.2 Å². The number of hydrogen-bond donors (Lipinski definition) is 3. The molecule has 36 heavy (non-hydrogen) atoms. The Balaban J connectivity index is 1.78. The van der Waals surface area contributed by atoms with Crippen molar-refractivity contribution in [3.8, 4) is 0 Å². The Kier molecular flexibility index (Phi) is 6.04. The topological polar surface area (TPSA) is 98.6 Å². The number of aliphatic hydroxyl groups is 2. The number of aryl methyl sites for hydroxylation is 1. The molecule has 1 aliphatic heterocycles. The molecule has 2 heterocycles. The minimum atomic E-state index is -4.04. The van der Waals surface area contributed by atoms with Crippen LogP contribution >= 0.6 is 0 Å². The van der Waals surface area contributed by atoms with Crippen LogP contribution in [0.25, 0.3) is 10.9 Å². The van der Waals surface area contributed by atoms with Gasteiger partial charge in [-0.05, 0) is 58.4 Å². The van der Waals surface area contributed by atoms with Gasteiger partial charge in [0.05, 0.1) is 29.1 Å². The molecule has 0 radical (unpaired) electrons. The van der Waals surface area contributed by atoms with Crippen LogP contribution in [-0.4, -0.2) is 45.3 Å². The fraction of sp³-hybridized carbons (Fsp3) is 0.423. The first-order chi connectivity index (χ1) is 16.6. The molecule has 1 aliphatic rings. The molecule has 1 aromatic heterocycles. The van der Waals surface area contributed by atoms with E-state index in [1.54, 1.807) is 31.9 Å². The average Bonchev–Trinajstić information content (AvgIpc) is 2.97. The number of aromatic nitrogens is 2. The van der Waals surface area contributed by atoms with Crippen LogP contribution in [0.4, 0.5) is 24.7 Å². The average molecular weight is 503 g/mol. The van der Waals surface area contributed by atoms with Crippen LogP contribution in [0, 0.1) is 12.7 Å². The molecule has 0 spiro atoms. The highest BCUT2D eigenvalue weighted by Crippen LogP contribution is 2.44. The Morgan fingerprint density at radius 2 is 1.89 bits per heavy atom. The molecule has 0 saturated carbocycles. The lowest BCUT2D eigenvalue weighted by molar-refractivity contribution is -0.197. The number of nitrogens with zero attached hydrogens (tertiary/aromatic N) is 3. The number of amides is 1. The second kappa shape index (κ2) is 8.41. The molecule has 10 heteroatoms. The molecule has 0 bridgehead atoms. The van der Waals surface area contributed by atoms with E-state index in [0.29, 0.717) is 28.2 Å². The van der Waals surface area contributed by atoms with E-state index < -0.39 is 41.0 Å². The molecular formula is C26H29F3N4O3. The van der Waals surface area contributed by atoms with Gasteiger partial charge in [0.15, 0.2) is 5.60 Å².